The third-order valence-corrected chi connectivity index (χ3v) is 9.11. The van der Waals surface area contributed by atoms with Gasteiger partial charge in [-0.25, -0.2) is 4.39 Å². The third kappa shape index (κ3) is 3.95. The van der Waals surface area contributed by atoms with Gasteiger partial charge in [0.05, 0.1) is 36.0 Å². The van der Waals surface area contributed by atoms with Crippen molar-refractivity contribution in [2.75, 3.05) is 13.2 Å². The van der Waals surface area contributed by atoms with Gasteiger partial charge >= 0.3 is 10.1 Å². The van der Waals surface area contributed by atoms with Gasteiger partial charge in [0.15, 0.2) is 17.3 Å². The summed E-state index contributed by atoms with van der Waals surface area (Å²) in [5.74, 6) is -6.29. The molecule has 1 heterocycles. The Morgan fingerprint density at radius 3 is 2.24 bits per heavy atom. The second-order valence-corrected chi connectivity index (χ2v) is 11.8. The number of aliphatic hydroxyl groups is 2. The number of rotatable bonds is 4. The van der Waals surface area contributed by atoms with Crippen molar-refractivity contribution < 1.29 is 56.5 Å². The largest absolute Gasteiger partial charge is 0.507 e. The Labute approximate surface area is 232 Å². The molecule has 0 radical (unpaired) electrons. The van der Waals surface area contributed by atoms with Crippen molar-refractivity contribution in [3.05, 3.63) is 81.7 Å². The number of halogens is 1. The molecule has 0 unspecified atom stereocenters. The summed E-state index contributed by atoms with van der Waals surface area (Å²) in [7, 11) is -4.58. The topological polar surface area (TPSA) is 177 Å². The van der Waals surface area contributed by atoms with Crippen molar-refractivity contribution in [3.63, 3.8) is 0 Å². The van der Waals surface area contributed by atoms with Crippen molar-refractivity contribution in [1.82, 2.24) is 0 Å². The van der Waals surface area contributed by atoms with E-state index in [0.29, 0.717) is 0 Å². The smallest absolute Gasteiger partial charge is 0.339 e. The van der Waals surface area contributed by atoms with Gasteiger partial charge in [-0.3, -0.25) is 9.59 Å². The number of fused-ring (bicyclic) bond motifs is 3. The molecule has 0 spiro atoms. The number of carbonyl (C=O) groups excluding carboxylic acids is 2. The molecule has 3 aromatic carbocycles. The van der Waals surface area contributed by atoms with Gasteiger partial charge in [-0.15, -0.1) is 0 Å². The highest BCUT2D eigenvalue weighted by atomic mass is 32.2. The van der Waals surface area contributed by atoms with Crippen LogP contribution in [0.15, 0.2) is 47.4 Å². The zero-order chi connectivity index (χ0) is 29.5. The highest BCUT2D eigenvalue weighted by Gasteiger charge is 2.56. The molecule has 0 amide bonds. The Hall–Kier alpha value is -3.88. The van der Waals surface area contributed by atoms with Crippen molar-refractivity contribution in [2.24, 2.45) is 0 Å². The van der Waals surface area contributed by atoms with Crippen LogP contribution in [0.3, 0.4) is 0 Å². The molecule has 2 aliphatic carbocycles. The van der Waals surface area contributed by atoms with E-state index in [1.54, 1.807) is 0 Å². The van der Waals surface area contributed by atoms with Gasteiger partial charge in [0.25, 0.3) is 0 Å². The quantitative estimate of drug-likeness (QED) is 0.204. The molecule has 4 N–H and O–H groups in total. The maximum Gasteiger partial charge on any atom is 0.339 e. The van der Waals surface area contributed by atoms with Crippen LogP contribution in [0.4, 0.5) is 4.39 Å². The Morgan fingerprint density at radius 1 is 0.951 bits per heavy atom. The number of hydrogen-bond donors (Lipinski definition) is 4. The summed E-state index contributed by atoms with van der Waals surface area (Å²) >= 11 is 0. The first-order valence-electron chi connectivity index (χ1n) is 12.5. The molecule has 0 saturated carbocycles. The van der Waals surface area contributed by atoms with Crippen molar-refractivity contribution in [2.45, 2.75) is 42.2 Å². The van der Waals surface area contributed by atoms with E-state index in [0.717, 1.165) is 30.3 Å². The lowest BCUT2D eigenvalue weighted by atomic mass is 9.70. The Balaban J connectivity index is 1.47. The fourth-order valence-electron chi connectivity index (χ4n) is 5.74. The zero-order valence-electron chi connectivity index (χ0n) is 21.4. The molecule has 2 atom stereocenters. The molecular formula is C28H23FO11S. The van der Waals surface area contributed by atoms with E-state index in [-0.39, 0.29) is 29.9 Å². The number of benzene rings is 3. The van der Waals surface area contributed by atoms with Crippen LogP contribution in [0.2, 0.25) is 0 Å². The predicted octanol–water partition coefficient (Wildman–Crippen LogP) is 2.25. The van der Waals surface area contributed by atoms with E-state index in [9.17, 15) is 42.8 Å². The van der Waals surface area contributed by atoms with Crippen LogP contribution in [0.25, 0.3) is 0 Å². The fraction of sp³-hybridized carbons (Fsp3) is 0.286. The average Bonchev–Trinajstić information content (AvgIpc) is 3.37. The lowest BCUT2D eigenvalue weighted by molar-refractivity contribution is -0.269. The Morgan fingerprint density at radius 2 is 1.59 bits per heavy atom. The predicted molar refractivity (Wildman–Crippen MR) is 136 cm³/mol. The average molecular weight is 587 g/mol. The molecular weight excluding hydrogens is 563 g/mol. The molecule has 6 rings (SSSR count). The molecule has 214 valence electrons. The molecule has 3 aliphatic rings. The highest BCUT2D eigenvalue weighted by Crippen LogP contribution is 2.53. The number of phenols is 2. The molecule has 11 nitrogen and oxygen atoms in total. The number of ether oxygens (including phenoxy) is 2. The molecule has 1 aliphatic heterocycles. The maximum atomic E-state index is 13.8. The first-order valence-corrected chi connectivity index (χ1v) is 13.9. The molecule has 1 saturated heterocycles. The van der Waals surface area contributed by atoms with Crippen LogP contribution in [0, 0.1) is 5.82 Å². The number of ketones is 2. The summed E-state index contributed by atoms with van der Waals surface area (Å²) in [6, 6.07) is 7.34. The van der Waals surface area contributed by atoms with E-state index >= 15 is 0 Å². The van der Waals surface area contributed by atoms with Gasteiger partial charge in [-0.1, -0.05) is 12.1 Å². The maximum absolute atomic E-state index is 13.8. The molecule has 13 heteroatoms. The summed E-state index contributed by atoms with van der Waals surface area (Å²) in [5.41, 5.74) is -4.35. The van der Waals surface area contributed by atoms with E-state index < -0.39 is 96.7 Å². The van der Waals surface area contributed by atoms with Crippen LogP contribution < -0.4 is 4.18 Å². The van der Waals surface area contributed by atoms with E-state index in [2.05, 4.69) is 0 Å². The van der Waals surface area contributed by atoms with E-state index in [1.807, 2.05) is 0 Å². The van der Waals surface area contributed by atoms with Crippen molar-refractivity contribution in [1.29, 1.82) is 0 Å². The molecule has 0 aromatic heterocycles. The SMILES string of the molecule is CC1([C@]2(O)Cc3c(O)c4c(c(O)c3[C@@H](O)C2)C(=O)c2c(OS(=O)(=O)c3ccc(F)cc3)cccc2C4=O)OCCO1. The first-order chi connectivity index (χ1) is 19.3. The van der Waals surface area contributed by atoms with Gasteiger partial charge in [0.1, 0.15) is 27.8 Å². The molecule has 41 heavy (non-hydrogen) atoms. The summed E-state index contributed by atoms with van der Waals surface area (Å²) in [5, 5.41) is 45.0. The number of aromatic hydroxyl groups is 2. The third-order valence-electron chi connectivity index (χ3n) is 7.86. The molecule has 1 fully saturated rings. The monoisotopic (exact) mass is 586 g/mol. The van der Waals surface area contributed by atoms with Crippen molar-refractivity contribution in [3.8, 4) is 17.2 Å². The molecule has 3 aromatic rings. The lowest BCUT2D eigenvalue weighted by Crippen LogP contribution is -2.57. The Bertz CT molecular complexity index is 1740. The van der Waals surface area contributed by atoms with Crippen molar-refractivity contribution >= 4 is 21.7 Å². The van der Waals surface area contributed by atoms with Gasteiger partial charge in [0.2, 0.25) is 5.78 Å². The summed E-state index contributed by atoms with van der Waals surface area (Å²) < 4.78 is 55.4. The summed E-state index contributed by atoms with van der Waals surface area (Å²) in [6.45, 7) is 1.82. The van der Waals surface area contributed by atoms with Crippen LogP contribution >= 0.6 is 0 Å². The summed E-state index contributed by atoms with van der Waals surface area (Å²) in [4.78, 5) is 27.0. The normalized spacial score (nSPS) is 23.1. The minimum atomic E-state index is -4.58. The van der Waals surface area contributed by atoms with Gasteiger partial charge in [0, 0.05) is 29.5 Å². The second-order valence-electron chi connectivity index (χ2n) is 10.2. The minimum Gasteiger partial charge on any atom is -0.507 e. The van der Waals surface area contributed by atoms with E-state index in [4.69, 9.17) is 13.7 Å². The number of aliphatic hydroxyl groups excluding tert-OH is 1. The fourth-order valence-corrected chi connectivity index (χ4v) is 6.68. The zero-order valence-corrected chi connectivity index (χ0v) is 22.2. The summed E-state index contributed by atoms with van der Waals surface area (Å²) in [6.07, 6.45) is -2.40. The molecule has 0 bridgehead atoms. The van der Waals surface area contributed by atoms with Crippen LogP contribution in [0.5, 0.6) is 17.2 Å². The number of phenolic OH excluding ortho intramolecular Hbond substituents is 2. The van der Waals surface area contributed by atoms with Crippen LogP contribution in [-0.2, 0) is 26.0 Å². The van der Waals surface area contributed by atoms with Crippen LogP contribution in [0.1, 0.15) is 62.4 Å². The Kier molecular flexibility index (Phi) is 6.03. The number of carbonyl (C=O) groups is 2. The van der Waals surface area contributed by atoms with E-state index in [1.165, 1.54) is 19.1 Å². The van der Waals surface area contributed by atoms with Gasteiger partial charge in [-0.2, -0.15) is 8.42 Å². The van der Waals surface area contributed by atoms with Gasteiger partial charge < -0.3 is 34.1 Å². The minimum absolute atomic E-state index is 0.168. The first kappa shape index (κ1) is 27.3. The second kappa shape index (κ2) is 9.06. The standard InChI is InChI=1S/C28H23FO11S/c1-27(38-9-10-39-27)28(35)11-16-19(17(30)12-28)25(33)22-21(24(16)32)23(31)15-3-2-4-18(20(15)26(22)34)40-41(36,37)14-7-5-13(29)6-8-14/h2-8,17,30,32-33,35H,9-12H2,1H3/t17-,28-/m0/s1. The lowest BCUT2D eigenvalue weighted by Gasteiger charge is -2.45. The van der Waals surface area contributed by atoms with Crippen LogP contribution in [-0.4, -0.2) is 65.0 Å². The van der Waals surface area contributed by atoms with Gasteiger partial charge in [-0.05, 0) is 37.3 Å². The highest BCUT2D eigenvalue weighted by molar-refractivity contribution is 7.87. The number of hydrogen-bond acceptors (Lipinski definition) is 11.